The Balaban J connectivity index is 1.49. The molecule has 4 heterocycles. The molecule has 1 fully saturated rings. The van der Waals surface area contributed by atoms with Crippen molar-refractivity contribution in [1.82, 2.24) is 19.7 Å². The number of H-pyrrole nitrogens is 1. The largest absolute Gasteiger partial charge is 0.379 e. The van der Waals surface area contributed by atoms with E-state index in [1.807, 2.05) is 12.1 Å². The predicted molar refractivity (Wildman–Crippen MR) is 123 cm³/mol. The van der Waals surface area contributed by atoms with Crippen LogP contribution in [0.25, 0.3) is 10.9 Å². The SMILES string of the molecule is CC(C)CN1Cc2ccc(Nc3nn(C4COCCC4C#N)c4cc[nH]c(=O)c34)cc2C1. The molecule has 1 saturated heterocycles. The van der Waals surface area contributed by atoms with Gasteiger partial charge >= 0.3 is 0 Å². The minimum atomic E-state index is -0.224. The molecule has 0 radical (unpaired) electrons. The van der Waals surface area contributed by atoms with Gasteiger partial charge < -0.3 is 15.0 Å². The molecular weight excluding hydrogens is 404 g/mol. The summed E-state index contributed by atoms with van der Waals surface area (Å²) >= 11 is 0. The zero-order valence-corrected chi connectivity index (χ0v) is 18.5. The van der Waals surface area contributed by atoms with E-state index in [0.29, 0.717) is 42.3 Å². The van der Waals surface area contributed by atoms with Crippen molar-refractivity contribution < 1.29 is 4.74 Å². The minimum Gasteiger partial charge on any atom is -0.379 e. The van der Waals surface area contributed by atoms with Gasteiger partial charge in [0.1, 0.15) is 5.39 Å². The summed E-state index contributed by atoms with van der Waals surface area (Å²) in [7, 11) is 0. The number of hydrogen-bond donors (Lipinski definition) is 2. The number of aromatic nitrogens is 3. The Kier molecular flexibility index (Phi) is 5.45. The lowest BCUT2D eigenvalue weighted by Crippen LogP contribution is -2.30. The van der Waals surface area contributed by atoms with Crippen molar-refractivity contribution in [2.24, 2.45) is 11.8 Å². The zero-order chi connectivity index (χ0) is 22.2. The van der Waals surface area contributed by atoms with E-state index < -0.39 is 0 Å². The van der Waals surface area contributed by atoms with Crippen LogP contribution in [0, 0.1) is 23.2 Å². The van der Waals surface area contributed by atoms with Crippen LogP contribution >= 0.6 is 0 Å². The maximum atomic E-state index is 12.7. The van der Waals surface area contributed by atoms with Gasteiger partial charge in [-0.3, -0.25) is 14.4 Å². The molecule has 2 aliphatic rings. The van der Waals surface area contributed by atoms with Crippen LogP contribution in [0.4, 0.5) is 11.5 Å². The maximum Gasteiger partial charge on any atom is 0.261 e. The molecule has 2 unspecified atom stereocenters. The fourth-order valence-corrected chi connectivity index (χ4v) is 4.88. The first-order chi connectivity index (χ1) is 15.5. The van der Waals surface area contributed by atoms with E-state index in [0.717, 1.165) is 25.3 Å². The Hall–Kier alpha value is -3.15. The van der Waals surface area contributed by atoms with Gasteiger partial charge in [0.25, 0.3) is 5.56 Å². The predicted octanol–water partition coefficient (Wildman–Crippen LogP) is 3.54. The molecular formula is C24H28N6O2. The third-order valence-corrected chi connectivity index (χ3v) is 6.32. The lowest BCUT2D eigenvalue weighted by Gasteiger charge is -2.27. The molecule has 2 aromatic heterocycles. The lowest BCUT2D eigenvalue weighted by molar-refractivity contribution is 0.0359. The molecule has 2 aliphatic heterocycles. The van der Waals surface area contributed by atoms with Gasteiger partial charge in [0.2, 0.25) is 0 Å². The van der Waals surface area contributed by atoms with E-state index in [2.05, 4.69) is 47.3 Å². The Morgan fingerprint density at radius 1 is 1.31 bits per heavy atom. The summed E-state index contributed by atoms with van der Waals surface area (Å²) in [6, 6.07) is 10.3. The average molecular weight is 433 g/mol. The fourth-order valence-electron chi connectivity index (χ4n) is 4.88. The molecule has 5 rings (SSSR count). The Morgan fingerprint density at radius 3 is 2.97 bits per heavy atom. The molecule has 8 heteroatoms. The van der Waals surface area contributed by atoms with Gasteiger partial charge in [-0.05, 0) is 41.7 Å². The molecule has 1 aromatic carbocycles. The lowest BCUT2D eigenvalue weighted by atomic mass is 9.96. The number of hydrogen-bond acceptors (Lipinski definition) is 6. The molecule has 0 bridgehead atoms. The van der Waals surface area contributed by atoms with Gasteiger partial charge in [0.15, 0.2) is 5.82 Å². The van der Waals surface area contributed by atoms with Gasteiger partial charge in [-0.1, -0.05) is 19.9 Å². The summed E-state index contributed by atoms with van der Waals surface area (Å²) in [5.41, 5.74) is 4.06. The maximum absolute atomic E-state index is 12.7. The van der Waals surface area contributed by atoms with E-state index in [1.54, 1.807) is 10.9 Å². The number of anilines is 2. The molecule has 8 nitrogen and oxygen atoms in total. The number of nitriles is 1. The zero-order valence-electron chi connectivity index (χ0n) is 18.5. The summed E-state index contributed by atoms with van der Waals surface area (Å²) in [6.45, 7) is 8.44. The number of rotatable bonds is 5. The van der Waals surface area contributed by atoms with Crippen molar-refractivity contribution in [1.29, 1.82) is 5.26 Å². The third-order valence-electron chi connectivity index (χ3n) is 6.32. The van der Waals surface area contributed by atoms with E-state index in [9.17, 15) is 10.1 Å². The Bertz CT molecular complexity index is 1240. The summed E-state index contributed by atoms with van der Waals surface area (Å²) in [5, 5.41) is 18.3. The molecule has 0 saturated carbocycles. The second-order valence-electron chi connectivity index (χ2n) is 9.20. The average Bonchev–Trinajstić information content (AvgIpc) is 3.34. The molecule has 0 spiro atoms. The van der Waals surface area contributed by atoms with E-state index in [1.165, 1.54) is 11.1 Å². The van der Waals surface area contributed by atoms with Crippen molar-refractivity contribution in [3.05, 3.63) is 51.9 Å². The summed E-state index contributed by atoms with van der Waals surface area (Å²) < 4.78 is 7.43. The molecule has 32 heavy (non-hydrogen) atoms. The first kappa shape index (κ1) is 20.7. The van der Waals surface area contributed by atoms with Crippen molar-refractivity contribution in [2.45, 2.75) is 39.4 Å². The number of benzene rings is 1. The molecule has 3 aromatic rings. The monoisotopic (exact) mass is 432 g/mol. The fraction of sp³-hybridized carbons (Fsp3) is 0.458. The van der Waals surface area contributed by atoms with E-state index >= 15 is 0 Å². The summed E-state index contributed by atoms with van der Waals surface area (Å²) in [4.78, 5) is 17.9. The number of ether oxygens (including phenoxy) is 1. The quantitative estimate of drug-likeness (QED) is 0.640. The topological polar surface area (TPSA) is 99.0 Å². The van der Waals surface area contributed by atoms with Crippen molar-refractivity contribution in [3.63, 3.8) is 0 Å². The van der Waals surface area contributed by atoms with Gasteiger partial charge in [-0.15, -0.1) is 0 Å². The number of nitrogens with one attached hydrogen (secondary N) is 2. The first-order valence-corrected chi connectivity index (χ1v) is 11.2. The normalized spacial score (nSPS) is 21.1. The second-order valence-corrected chi connectivity index (χ2v) is 9.20. The van der Waals surface area contributed by atoms with Crippen LogP contribution in [0.15, 0.2) is 35.3 Å². The summed E-state index contributed by atoms with van der Waals surface area (Å²) in [5.74, 6) is 0.928. The Labute approximate surface area is 186 Å². The standard InChI is InChI=1S/C24H28N6O2/c1-15(2)11-29-12-17-3-4-19(9-18(17)13-29)27-23-22-20(5-7-26-24(22)31)30(28-23)21-14-32-8-6-16(21)10-25/h3-5,7,9,15-16,21H,6,8,11-14H2,1-2H3,(H,26,31)(H,27,28). The highest BCUT2D eigenvalue weighted by Crippen LogP contribution is 2.33. The Morgan fingerprint density at radius 2 is 2.16 bits per heavy atom. The second kappa shape index (κ2) is 8.41. The van der Waals surface area contributed by atoms with Gasteiger partial charge in [0.05, 0.1) is 30.2 Å². The van der Waals surface area contributed by atoms with Crippen LogP contribution in [-0.4, -0.2) is 39.4 Å². The molecule has 166 valence electrons. The number of fused-ring (bicyclic) bond motifs is 2. The number of pyridine rings is 1. The highest BCUT2D eigenvalue weighted by molar-refractivity contribution is 5.91. The minimum absolute atomic E-state index is 0.203. The highest BCUT2D eigenvalue weighted by Gasteiger charge is 2.30. The molecule has 0 aliphatic carbocycles. The third kappa shape index (κ3) is 3.78. The highest BCUT2D eigenvalue weighted by atomic mass is 16.5. The van der Waals surface area contributed by atoms with Crippen molar-refractivity contribution >= 4 is 22.4 Å². The van der Waals surface area contributed by atoms with Crippen LogP contribution in [-0.2, 0) is 17.8 Å². The van der Waals surface area contributed by atoms with Gasteiger partial charge in [0, 0.05) is 38.1 Å². The van der Waals surface area contributed by atoms with Crippen LogP contribution in [0.2, 0.25) is 0 Å². The summed E-state index contributed by atoms with van der Waals surface area (Å²) in [6.07, 6.45) is 2.28. The molecule has 2 N–H and O–H groups in total. The number of nitrogens with zero attached hydrogens (tertiary/aromatic N) is 4. The smallest absolute Gasteiger partial charge is 0.261 e. The van der Waals surface area contributed by atoms with Crippen LogP contribution in [0.3, 0.4) is 0 Å². The first-order valence-electron chi connectivity index (χ1n) is 11.2. The molecule has 0 amide bonds. The van der Waals surface area contributed by atoms with E-state index in [4.69, 9.17) is 9.84 Å². The van der Waals surface area contributed by atoms with Gasteiger partial charge in [-0.25, -0.2) is 0 Å². The van der Waals surface area contributed by atoms with E-state index in [-0.39, 0.29) is 17.5 Å². The van der Waals surface area contributed by atoms with Crippen molar-refractivity contribution in [3.8, 4) is 6.07 Å². The van der Waals surface area contributed by atoms with Crippen molar-refractivity contribution in [2.75, 3.05) is 25.1 Å². The van der Waals surface area contributed by atoms with Crippen LogP contribution in [0.5, 0.6) is 0 Å². The van der Waals surface area contributed by atoms with Crippen LogP contribution < -0.4 is 10.9 Å². The van der Waals surface area contributed by atoms with Gasteiger partial charge in [-0.2, -0.15) is 10.4 Å². The molecule has 2 atom stereocenters. The number of aromatic amines is 1. The van der Waals surface area contributed by atoms with Crippen LogP contribution in [0.1, 0.15) is 37.4 Å².